The number of benzene rings is 1. The van der Waals surface area contributed by atoms with Crippen LogP contribution in [0.2, 0.25) is 0 Å². The number of ether oxygens (including phenoxy) is 1. The molecule has 84 valence electrons. The second-order valence-corrected chi connectivity index (χ2v) is 4.08. The Morgan fingerprint density at radius 1 is 1.19 bits per heavy atom. The molecule has 0 radical (unpaired) electrons. The van der Waals surface area contributed by atoms with Crippen LogP contribution in [0.1, 0.15) is 24.8 Å². The van der Waals surface area contributed by atoms with E-state index in [0.717, 1.165) is 19.4 Å². The van der Waals surface area contributed by atoms with Gasteiger partial charge in [-0.3, -0.25) is 0 Å². The average molecular weight is 214 g/mol. The van der Waals surface area contributed by atoms with Gasteiger partial charge >= 0.3 is 0 Å². The first-order valence-electron chi connectivity index (χ1n) is 5.88. The molecule has 16 heavy (non-hydrogen) atoms. The lowest BCUT2D eigenvalue weighted by Gasteiger charge is -2.05. The summed E-state index contributed by atoms with van der Waals surface area (Å²) in [6, 6.07) is 6.58. The Hall–Kier alpha value is -1.34. The summed E-state index contributed by atoms with van der Waals surface area (Å²) in [5, 5.41) is 2.72. The van der Waals surface area contributed by atoms with E-state index in [9.17, 15) is 0 Å². The Kier molecular flexibility index (Phi) is 3.95. The van der Waals surface area contributed by atoms with Crippen LogP contribution in [-0.2, 0) is 11.3 Å². The van der Waals surface area contributed by atoms with Crippen LogP contribution in [-0.4, -0.2) is 6.61 Å². The first kappa shape index (κ1) is 11.2. The molecule has 0 bridgehead atoms. The van der Waals surface area contributed by atoms with Gasteiger partial charge in [0.25, 0.3) is 0 Å². The highest BCUT2D eigenvalue weighted by Crippen LogP contribution is 2.00. The minimum atomic E-state index is 0.703. The van der Waals surface area contributed by atoms with Gasteiger partial charge in [0.1, 0.15) is 0 Å². The third-order valence-electron chi connectivity index (χ3n) is 2.78. The normalized spacial score (nSPS) is 13.5. The van der Waals surface area contributed by atoms with Crippen molar-refractivity contribution in [3.63, 3.8) is 0 Å². The van der Waals surface area contributed by atoms with Crippen molar-refractivity contribution in [1.82, 2.24) is 0 Å². The van der Waals surface area contributed by atoms with Crippen LogP contribution in [0.25, 0.3) is 12.2 Å². The lowest BCUT2D eigenvalue weighted by Crippen LogP contribution is -2.26. The van der Waals surface area contributed by atoms with E-state index in [4.69, 9.17) is 4.74 Å². The van der Waals surface area contributed by atoms with Gasteiger partial charge in [0.15, 0.2) is 0 Å². The van der Waals surface area contributed by atoms with Gasteiger partial charge < -0.3 is 4.74 Å². The van der Waals surface area contributed by atoms with Crippen LogP contribution in [0.5, 0.6) is 0 Å². The standard InChI is InChI=1S/C15H18O/c1-2-3-10-16-12-13-8-9-14-6-4-5-7-15(14)11-13/h2,6-9,11H,1,3-5,10,12H2. The van der Waals surface area contributed by atoms with Gasteiger partial charge in [0, 0.05) is 0 Å². The highest BCUT2D eigenvalue weighted by molar-refractivity contribution is 5.39. The van der Waals surface area contributed by atoms with E-state index in [1.807, 2.05) is 6.08 Å². The van der Waals surface area contributed by atoms with Crippen molar-refractivity contribution in [3.05, 3.63) is 46.9 Å². The van der Waals surface area contributed by atoms with Gasteiger partial charge in [0.05, 0.1) is 13.2 Å². The third kappa shape index (κ3) is 2.83. The molecule has 0 amide bonds. The molecule has 0 aromatic heterocycles. The molecule has 0 saturated carbocycles. The van der Waals surface area contributed by atoms with Crippen LogP contribution in [0, 0.1) is 0 Å². The van der Waals surface area contributed by atoms with E-state index < -0.39 is 0 Å². The number of hydrogen-bond donors (Lipinski definition) is 0. The van der Waals surface area contributed by atoms with Crippen LogP contribution in [0.3, 0.4) is 0 Å². The fourth-order valence-electron chi connectivity index (χ4n) is 1.91. The van der Waals surface area contributed by atoms with Crippen molar-refractivity contribution >= 4 is 12.2 Å². The second-order valence-electron chi connectivity index (χ2n) is 4.08. The summed E-state index contributed by atoms with van der Waals surface area (Å²) in [5.74, 6) is 0. The fourth-order valence-corrected chi connectivity index (χ4v) is 1.91. The van der Waals surface area contributed by atoms with Gasteiger partial charge in [-0.15, -0.1) is 6.58 Å². The number of rotatable bonds is 5. The Labute approximate surface area is 96.8 Å². The molecule has 0 fully saturated rings. The Morgan fingerprint density at radius 3 is 2.81 bits per heavy atom. The summed E-state index contributed by atoms with van der Waals surface area (Å²) in [6.45, 7) is 5.14. The van der Waals surface area contributed by atoms with Crippen molar-refractivity contribution in [2.24, 2.45) is 0 Å². The molecule has 1 aromatic carbocycles. The van der Waals surface area contributed by atoms with Crippen LogP contribution < -0.4 is 10.4 Å². The summed E-state index contributed by atoms with van der Waals surface area (Å²) in [6.07, 6.45) is 9.75. The van der Waals surface area contributed by atoms with Crippen LogP contribution in [0.15, 0.2) is 30.9 Å². The zero-order valence-corrected chi connectivity index (χ0v) is 9.61. The molecule has 2 rings (SSSR count). The molecule has 0 spiro atoms. The average Bonchev–Trinajstić information content (AvgIpc) is 2.34. The van der Waals surface area contributed by atoms with E-state index in [1.54, 1.807) is 0 Å². The maximum absolute atomic E-state index is 5.56. The predicted octanol–water partition coefficient (Wildman–Crippen LogP) is 2.13. The lowest BCUT2D eigenvalue weighted by molar-refractivity contribution is 0.125. The molecule has 0 unspecified atom stereocenters. The Bertz CT molecular complexity index is 471. The van der Waals surface area contributed by atoms with Gasteiger partial charge in [-0.2, -0.15) is 0 Å². The van der Waals surface area contributed by atoms with Crippen molar-refractivity contribution < 1.29 is 4.74 Å². The van der Waals surface area contributed by atoms with E-state index in [-0.39, 0.29) is 0 Å². The molecule has 0 heterocycles. The van der Waals surface area contributed by atoms with E-state index in [1.165, 1.54) is 22.4 Å². The summed E-state index contributed by atoms with van der Waals surface area (Å²) >= 11 is 0. The van der Waals surface area contributed by atoms with Crippen molar-refractivity contribution in [2.75, 3.05) is 6.61 Å². The second kappa shape index (κ2) is 5.66. The smallest absolute Gasteiger partial charge is 0.0717 e. The Morgan fingerprint density at radius 2 is 2.00 bits per heavy atom. The molecular formula is C15H18O. The summed E-state index contributed by atoms with van der Waals surface area (Å²) in [7, 11) is 0. The zero-order valence-electron chi connectivity index (χ0n) is 9.61. The van der Waals surface area contributed by atoms with Gasteiger partial charge in [-0.25, -0.2) is 0 Å². The predicted molar refractivity (Wildman–Crippen MR) is 68.3 cm³/mol. The van der Waals surface area contributed by atoms with E-state index >= 15 is 0 Å². The third-order valence-corrected chi connectivity index (χ3v) is 2.78. The van der Waals surface area contributed by atoms with Crippen LogP contribution >= 0.6 is 0 Å². The molecule has 1 aromatic rings. The largest absolute Gasteiger partial charge is 0.376 e. The van der Waals surface area contributed by atoms with Gasteiger partial charge in [0.2, 0.25) is 0 Å². The topological polar surface area (TPSA) is 9.23 Å². The highest BCUT2D eigenvalue weighted by atomic mass is 16.5. The van der Waals surface area contributed by atoms with Crippen molar-refractivity contribution in [2.45, 2.75) is 25.9 Å². The number of fused-ring (bicyclic) bond motifs is 1. The van der Waals surface area contributed by atoms with Crippen molar-refractivity contribution in [3.8, 4) is 0 Å². The van der Waals surface area contributed by atoms with Gasteiger partial charge in [-0.05, 0) is 41.3 Å². The number of hydrogen-bond acceptors (Lipinski definition) is 1. The van der Waals surface area contributed by atoms with Gasteiger partial charge in [-0.1, -0.05) is 30.4 Å². The van der Waals surface area contributed by atoms with Crippen molar-refractivity contribution in [1.29, 1.82) is 0 Å². The molecule has 1 aliphatic rings. The summed E-state index contributed by atoms with van der Waals surface area (Å²) in [4.78, 5) is 0. The monoisotopic (exact) mass is 214 g/mol. The first-order chi connectivity index (χ1) is 7.90. The summed E-state index contributed by atoms with van der Waals surface area (Å²) in [5.41, 5.74) is 1.26. The fraction of sp³-hybridized carbons (Fsp3) is 0.333. The van der Waals surface area contributed by atoms with E-state index in [0.29, 0.717) is 6.61 Å². The maximum Gasteiger partial charge on any atom is 0.0717 e. The molecule has 1 aliphatic carbocycles. The molecule has 0 saturated heterocycles. The molecule has 0 atom stereocenters. The molecule has 0 N–H and O–H groups in total. The van der Waals surface area contributed by atoms with Crippen LogP contribution in [0.4, 0.5) is 0 Å². The lowest BCUT2D eigenvalue weighted by atomic mass is 10.1. The molecule has 1 nitrogen and oxygen atoms in total. The minimum absolute atomic E-state index is 0.703. The first-order valence-corrected chi connectivity index (χ1v) is 5.88. The minimum Gasteiger partial charge on any atom is -0.376 e. The van der Waals surface area contributed by atoms with E-state index in [2.05, 4.69) is 36.9 Å². The molecular weight excluding hydrogens is 196 g/mol. The molecule has 1 heteroatoms. The highest BCUT2D eigenvalue weighted by Gasteiger charge is 1.96. The zero-order chi connectivity index (χ0) is 11.2. The Balaban J connectivity index is 2.04. The summed E-state index contributed by atoms with van der Waals surface area (Å²) < 4.78 is 5.56. The molecule has 0 aliphatic heterocycles. The SMILES string of the molecule is C=CCCOCc1ccc2c(c1)=CCCC=2. The quantitative estimate of drug-likeness (QED) is 0.539. The maximum atomic E-state index is 5.56.